The fraction of sp³-hybridized carbons (Fsp3) is 0.867. The lowest BCUT2D eigenvalue weighted by atomic mass is 9.88. The summed E-state index contributed by atoms with van der Waals surface area (Å²) in [7, 11) is 0. The molecular weight excluding hydrogens is 226 g/mol. The lowest BCUT2D eigenvalue weighted by Gasteiger charge is -2.16. The molecule has 0 saturated carbocycles. The number of rotatable bonds is 8. The molecule has 0 bridgehead atoms. The summed E-state index contributed by atoms with van der Waals surface area (Å²) in [5.74, 6) is 0.872. The third kappa shape index (κ3) is 9.20. The first-order valence-corrected chi connectivity index (χ1v) is 7.03. The van der Waals surface area contributed by atoms with Gasteiger partial charge in [-0.3, -0.25) is 9.59 Å². The highest BCUT2D eigenvalue weighted by Gasteiger charge is 2.19. The molecule has 106 valence electrons. The van der Waals surface area contributed by atoms with Crippen molar-refractivity contribution < 1.29 is 9.59 Å². The highest BCUT2D eigenvalue weighted by atomic mass is 16.1. The van der Waals surface area contributed by atoms with E-state index in [0.29, 0.717) is 24.5 Å². The molecule has 0 fully saturated rings. The van der Waals surface area contributed by atoms with Crippen molar-refractivity contribution in [2.45, 2.75) is 66.7 Å². The fourth-order valence-corrected chi connectivity index (χ4v) is 1.63. The zero-order valence-corrected chi connectivity index (χ0v) is 12.6. The van der Waals surface area contributed by atoms with Gasteiger partial charge >= 0.3 is 0 Å². The van der Waals surface area contributed by atoms with Gasteiger partial charge < -0.3 is 5.32 Å². The Balaban J connectivity index is 3.47. The molecule has 0 spiro atoms. The first-order chi connectivity index (χ1) is 8.23. The van der Waals surface area contributed by atoms with Gasteiger partial charge in [-0.1, -0.05) is 41.0 Å². The van der Waals surface area contributed by atoms with Gasteiger partial charge in [-0.05, 0) is 18.8 Å². The Kier molecular flexibility index (Phi) is 7.88. The SMILES string of the molecule is CC(C)CC(=O)NCCCCCC(=O)C(C)(C)C. The first kappa shape index (κ1) is 17.1. The number of carbonyl (C=O) groups is 2. The average Bonchev–Trinajstić information content (AvgIpc) is 2.20. The molecule has 1 N–H and O–H groups in total. The highest BCUT2D eigenvalue weighted by molar-refractivity contribution is 5.83. The van der Waals surface area contributed by atoms with Gasteiger partial charge in [-0.15, -0.1) is 0 Å². The minimum Gasteiger partial charge on any atom is -0.356 e. The van der Waals surface area contributed by atoms with Crippen molar-refractivity contribution in [3.63, 3.8) is 0 Å². The normalized spacial score (nSPS) is 11.7. The summed E-state index contributed by atoms with van der Waals surface area (Å²) >= 11 is 0. The van der Waals surface area contributed by atoms with Crippen molar-refractivity contribution >= 4 is 11.7 Å². The summed E-state index contributed by atoms with van der Waals surface area (Å²) in [5.41, 5.74) is -0.217. The van der Waals surface area contributed by atoms with Crippen molar-refractivity contribution in [2.24, 2.45) is 11.3 Å². The van der Waals surface area contributed by atoms with E-state index in [0.717, 1.165) is 25.8 Å². The molecule has 3 nitrogen and oxygen atoms in total. The van der Waals surface area contributed by atoms with Crippen molar-refractivity contribution in [2.75, 3.05) is 6.54 Å². The molecule has 0 saturated heterocycles. The monoisotopic (exact) mass is 255 g/mol. The van der Waals surface area contributed by atoms with Crippen LogP contribution in [0.5, 0.6) is 0 Å². The smallest absolute Gasteiger partial charge is 0.220 e. The lowest BCUT2D eigenvalue weighted by molar-refractivity contribution is -0.126. The molecule has 0 unspecified atom stereocenters. The van der Waals surface area contributed by atoms with E-state index >= 15 is 0 Å². The van der Waals surface area contributed by atoms with Crippen LogP contribution >= 0.6 is 0 Å². The molecular formula is C15H29NO2. The van der Waals surface area contributed by atoms with Crippen LogP contribution < -0.4 is 5.32 Å². The molecule has 0 aromatic carbocycles. The Hall–Kier alpha value is -0.860. The number of hydrogen-bond donors (Lipinski definition) is 1. The van der Waals surface area contributed by atoms with Gasteiger partial charge in [0.15, 0.2) is 0 Å². The van der Waals surface area contributed by atoms with E-state index in [1.165, 1.54) is 0 Å². The molecule has 0 rings (SSSR count). The molecule has 0 aromatic rings. The Morgan fingerprint density at radius 1 is 1.06 bits per heavy atom. The summed E-state index contributed by atoms with van der Waals surface area (Å²) in [6, 6.07) is 0. The quantitative estimate of drug-likeness (QED) is 0.676. The number of unbranched alkanes of at least 4 members (excludes halogenated alkanes) is 2. The van der Waals surface area contributed by atoms with E-state index in [4.69, 9.17) is 0 Å². The second-order valence-electron chi connectivity index (χ2n) is 6.43. The van der Waals surface area contributed by atoms with Gasteiger partial charge in [0.2, 0.25) is 5.91 Å². The number of nitrogens with one attached hydrogen (secondary N) is 1. The van der Waals surface area contributed by atoms with Crippen LogP contribution in [0, 0.1) is 11.3 Å². The number of ketones is 1. The summed E-state index contributed by atoms with van der Waals surface area (Å²) in [5, 5.41) is 2.91. The van der Waals surface area contributed by atoms with Gasteiger partial charge in [0.05, 0.1) is 0 Å². The molecule has 0 heterocycles. The van der Waals surface area contributed by atoms with Crippen molar-refractivity contribution in [1.82, 2.24) is 5.32 Å². The predicted octanol–water partition coefficient (Wildman–Crippen LogP) is 3.32. The second-order valence-corrected chi connectivity index (χ2v) is 6.43. The minimum atomic E-state index is -0.217. The van der Waals surface area contributed by atoms with Gasteiger partial charge in [0, 0.05) is 24.8 Å². The third-order valence-electron chi connectivity index (χ3n) is 2.83. The first-order valence-electron chi connectivity index (χ1n) is 7.03. The predicted molar refractivity (Wildman–Crippen MR) is 75.4 cm³/mol. The van der Waals surface area contributed by atoms with Crippen LogP contribution in [0.1, 0.15) is 66.7 Å². The summed E-state index contributed by atoms with van der Waals surface area (Å²) in [4.78, 5) is 23.0. The van der Waals surface area contributed by atoms with Crippen LogP contribution in [0.15, 0.2) is 0 Å². The lowest BCUT2D eigenvalue weighted by Crippen LogP contribution is -2.25. The number of Topliss-reactive ketones (excluding diaryl/α,β-unsaturated/α-hetero) is 1. The van der Waals surface area contributed by atoms with Crippen molar-refractivity contribution in [3.05, 3.63) is 0 Å². The standard InChI is InChI=1S/C15H29NO2/c1-12(2)11-14(18)16-10-8-6-7-9-13(17)15(3,4)5/h12H,6-11H2,1-5H3,(H,16,18). The third-order valence-corrected chi connectivity index (χ3v) is 2.83. The zero-order valence-electron chi connectivity index (χ0n) is 12.6. The zero-order chi connectivity index (χ0) is 14.2. The molecule has 0 atom stereocenters. The summed E-state index contributed by atoms with van der Waals surface area (Å²) < 4.78 is 0. The van der Waals surface area contributed by atoms with Gasteiger partial charge in [0.1, 0.15) is 5.78 Å². The highest BCUT2D eigenvalue weighted by Crippen LogP contribution is 2.18. The van der Waals surface area contributed by atoms with E-state index in [1.54, 1.807) is 0 Å². The second kappa shape index (κ2) is 8.28. The van der Waals surface area contributed by atoms with Crippen molar-refractivity contribution in [3.8, 4) is 0 Å². The molecule has 0 aliphatic heterocycles. The van der Waals surface area contributed by atoms with Gasteiger partial charge in [0.25, 0.3) is 0 Å². The van der Waals surface area contributed by atoms with E-state index in [2.05, 4.69) is 5.32 Å². The number of hydrogen-bond acceptors (Lipinski definition) is 2. The summed E-state index contributed by atoms with van der Waals surface area (Å²) in [6.07, 6.45) is 4.15. The number of carbonyl (C=O) groups excluding carboxylic acids is 2. The van der Waals surface area contributed by atoms with Crippen LogP contribution in [-0.2, 0) is 9.59 Å². The molecule has 1 amide bonds. The maximum atomic E-state index is 11.7. The molecule has 0 aliphatic carbocycles. The molecule has 0 aliphatic rings. The average molecular weight is 255 g/mol. The van der Waals surface area contributed by atoms with Crippen LogP contribution in [0.3, 0.4) is 0 Å². The van der Waals surface area contributed by atoms with Crippen LogP contribution in [0.2, 0.25) is 0 Å². The molecule has 18 heavy (non-hydrogen) atoms. The van der Waals surface area contributed by atoms with Crippen LogP contribution in [0.25, 0.3) is 0 Å². The Morgan fingerprint density at radius 2 is 1.67 bits per heavy atom. The maximum Gasteiger partial charge on any atom is 0.220 e. The van der Waals surface area contributed by atoms with Crippen LogP contribution in [0.4, 0.5) is 0 Å². The maximum absolute atomic E-state index is 11.7. The molecule has 3 heteroatoms. The van der Waals surface area contributed by atoms with Gasteiger partial charge in [-0.25, -0.2) is 0 Å². The largest absolute Gasteiger partial charge is 0.356 e. The fourth-order valence-electron chi connectivity index (χ4n) is 1.63. The topological polar surface area (TPSA) is 46.2 Å². The Morgan fingerprint density at radius 3 is 2.17 bits per heavy atom. The molecule has 0 radical (unpaired) electrons. The van der Waals surface area contributed by atoms with Gasteiger partial charge in [-0.2, -0.15) is 0 Å². The molecule has 0 aromatic heterocycles. The Labute approximate surface area is 112 Å². The number of amides is 1. The minimum absolute atomic E-state index is 0.135. The van der Waals surface area contributed by atoms with E-state index in [9.17, 15) is 9.59 Å². The van der Waals surface area contributed by atoms with Crippen molar-refractivity contribution in [1.29, 1.82) is 0 Å². The Bertz CT molecular complexity index is 264. The van der Waals surface area contributed by atoms with Crippen LogP contribution in [-0.4, -0.2) is 18.2 Å². The summed E-state index contributed by atoms with van der Waals surface area (Å²) in [6.45, 7) is 10.7. The van der Waals surface area contributed by atoms with E-state index in [-0.39, 0.29) is 11.3 Å². The van der Waals surface area contributed by atoms with E-state index < -0.39 is 0 Å². The van der Waals surface area contributed by atoms with E-state index in [1.807, 2.05) is 34.6 Å².